The predicted molar refractivity (Wildman–Crippen MR) is 127 cm³/mol. The average Bonchev–Trinajstić information content (AvgIpc) is 2.75. The molecule has 30 heavy (non-hydrogen) atoms. The Bertz CT molecular complexity index is 974. The molecule has 0 heterocycles. The van der Waals surface area contributed by atoms with Crippen LogP contribution in [0, 0.1) is 0 Å². The van der Waals surface area contributed by atoms with Gasteiger partial charge in [-0.05, 0) is 60.5 Å². The van der Waals surface area contributed by atoms with Gasteiger partial charge < -0.3 is 4.84 Å². The lowest BCUT2D eigenvalue weighted by Gasteiger charge is -2.08. The van der Waals surface area contributed by atoms with Crippen LogP contribution in [0.2, 0.25) is 5.02 Å². The van der Waals surface area contributed by atoms with Crippen molar-refractivity contribution in [2.45, 2.75) is 34.5 Å². The van der Waals surface area contributed by atoms with Crippen molar-refractivity contribution in [2.75, 3.05) is 5.75 Å². The van der Waals surface area contributed by atoms with Gasteiger partial charge in [-0.15, -0.1) is 11.8 Å². The molecule has 3 aromatic carbocycles. The monoisotopic (exact) mass is 455 g/mol. The molecule has 0 N–H and O–H groups in total. The van der Waals surface area contributed by atoms with Crippen LogP contribution in [0.3, 0.4) is 0 Å². The van der Waals surface area contributed by atoms with Gasteiger partial charge in [0.2, 0.25) is 0 Å². The lowest BCUT2D eigenvalue weighted by atomic mass is 10.1. The normalized spacial score (nSPS) is 11.3. The van der Waals surface area contributed by atoms with E-state index in [2.05, 4.69) is 41.6 Å². The summed E-state index contributed by atoms with van der Waals surface area (Å²) in [5.41, 5.74) is 1.98. The minimum atomic E-state index is -0.410. The summed E-state index contributed by atoms with van der Waals surface area (Å²) >= 11 is 9.39. The Kier molecular flexibility index (Phi) is 8.87. The van der Waals surface area contributed by atoms with E-state index in [4.69, 9.17) is 16.4 Å². The molecule has 0 unspecified atom stereocenters. The summed E-state index contributed by atoms with van der Waals surface area (Å²) in [5, 5.41) is 4.81. The highest BCUT2D eigenvalue weighted by molar-refractivity contribution is 7.99. The van der Waals surface area contributed by atoms with Crippen LogP contribution in [0.15, 0.2) is 98.7 Å². The van der Waals surface area contributed by atoms with Crippen molar-refractivity contribution < 1.29 is 9.63 Å². The molecule has 3 rings (SSSR count). The molecule has 3 aromatic rings. The Morgan fingerprint density at radius 2 is 1.53 bits per heavy atom. The number of hydrogen-bond acceptors (Lipinski definition) is 5. The van der Waals surface area contributed by atoms with E-state index in [0.29, 0.717) is 6.42 Å². The zero-order valence-corrected chi connectivity index (χ0v) is 19.0. The van der Waals surface area contributed by atoms with Gasteiger partial charge in [-0.3, -0.25) is 0 Å². The van der Waals surface area contributed by atoms with Gasteiger partial charge >= 0.3 is 5.97 Å². The first-order valence-electron chi connectivity index (χ1n) is 9.52. The third-order valence-electron chi connectivity index (χ3n) is 4.09. The number of benzene rings is 3. The minimum absolute atomic E-state index is 0.410. The first-order chi connectivity index (χ1) is 14.6. The summed E-state index contributed by atoms with van der Waals surface area (Å²) in [7, 11) is 0. The van der Waals surface area contributed by atoms with Gasteiger partial charge in [0, 0.05) is 38.8 Å². The number of carbonyl (C=O) groups excluding carboxylic acids is 1. The van der Waals surface area contributed by atoms with Crippen LogP contribution < -0.4 is 0 Å². The number of halogens is 1. The SMILES string of the molecule is CC(=O)ON=C(CCSc1ccc(Cl)cc1)Cc1ccc(Sc2ccccc2)cc1. The topological polar surface area (TPSA) is 38.7 Å². The fourth-order valence-electron chi connectivity index (χ4n) is 2.65. The van der Waals surface area contributed by atoms with Gasteiger partial charge in [-0.1, -0.05) is 58.9 Å². The zero-order chi connectivity index (χ0) is 21.2. The second-order valence-electron chi connectivity index (χ2n) is 6.53. The number of rotatable bonds is 9. The smallest absolute Gasteiger partial charge is 0.319 e. The van der Waals surface area contributed by atoms with E-state index in [-0.39, 0.29) is 0 Å². The maximum absolute atomic E-state index is 11.2. The van der Waals surface area contributed by atoms with Gasteiger partial charge in [0.15, 0.2) is 0 Å². The molecule has 0 fully saturated rings. The van der Waals surface area contributed by atoms with E-state index in [1.54, 1.807) is 23.5 Å². The quantitative estimate of drug-likeness (QED) is 0.149. The molecule has 0 aromatic heterocycles. The first kappa shape index (κ1) is 22.5. The van der Waals surface area contributed by atoms with Crippen molar-refractivity contribution in [3.63, 3.8) is 0 Å². The van der Waals surface area contributed by atoms with E-state index in [9.17, 15) is 4.79 Å². The maximum atomic E-state index is 11.2. The minimum Gasteiger partial charge on any atom is -0.319 e. The maximum Gasteiger partial charge on any atom is 0.331 e. The average molecular weight is 456 g/mol. The third-order valence-corrected chi connectivity index (χ3v) is 6.37. The van der Waals surface area contributed by atoms with E-state index in [0.717, 1.165) is 33.4 Å². The molecule has 0 aliphatic rings. The van der Waals surface area contributed by atoms with Gasteiger partial charge in [0.25, 0.3) is 0 Å². The second kappa shape index (κ2) is 11.8. The molecule has 0 aliphatic heterocycles. The molecule has 0 radical (unpaired) electrons. The first-order valence-corrected chi connectivity index (χ1v) is 11.7. The lowest BCUT2D eigenvalue weighted by Crippen LogP contribution is -2.07. The van der Waals surface area contributed by atoms with Crippen molar-refractivity contribution in [1.29, 1.82) is 0 Å². The Labute approximate surface area is 190 Å². The molecule has 0 atom stereocenters. The Morgan fingerprint density at radius 3 is 2.20 bits per heavy atom. The molecule has 3 nitrogen and oxygen atoms in total. The lowest BCUT2D eigenvalue weighted by molar-refractivity contribution is -0.140. The van der Waals surface area contributed by atoms with Crippen LogP contribution in [0.5, 0.6) is 0 Å². The van der Waals surface area contributed by atoms with E-state index in [1.807, 2.05) is 42.5 Å². The van der Waals surface area contributed by atoms with Crippen LogP contribution >= 0.6 is 35.1 Å². The summed E-state index contributed by atoms with van der Waals surface area (Å²) in [6.07, 6.45) is 1.37. The Hall–Kier alpha value is -2.21. The highest BCUT2D eigenvalue weighted by atomic mass is 35.5. The molecule has 0 bridgehead atoms. The van der Waals surface area contributed by atoms with Gasteiger partial charge in [-0.2, -0.15) is 0 Å². The van der Waals surface area contributed by atoms with Crippen molar-refractivity contribution in [1.82, 2.24) is 0 Å². The number of carbonyl (C=O) groups is 1. The molecule has 0 spiro atoms. The van der Waals surface area contributed by atoms with Crippen molar-refractivity contribution >= 4 is 46.8 Å². The van der Waals surface area contributed by atoms with E-state index in [1.165, 1.54) is 16.7 Å². The highest BCUT2D eigenvalue weighted by Gasteiger charge is 2.06. The Balaban J connectivity index is 1.58. The van der Waals surface area contributed by atoms with Crippen LogP contribution in [-0.2, 0) is 16.1 Å². The summed E-state index contributed by atoms with van der Waals surface area (Å²) < 4.78 is 0. The zero-order valence-electron chi connectivity index (χ0n) is 16.6. The second-order valence-corrected chi connectivity index (χ2v) is 9.28. The van der Waals surface area contributed by atoms with Crippen molar-refractivity contribution in [2.24, 2.45) is 5.16 Å². The number of nitrogens with zero attached hydrogens (tertiary/aromatic N) is 1. The summed E-state index contributed by atoms with van der Waals surface area (Å²) in [5.74, 6) is 0.427. The fraction of sp³-hybridized carbons (Fsp3) is 0.167. The molecular weight excluding hydrogens is 434 g/mol. The van der Waals surface area contributed by atoms with Crippen molar-refractivity contribution in [3.05, 3.63) is 89.4 Å². The van der Waals surface area contributed by atoms with E-state index < -0.39 is 5.97 Å². The molecule has 154 valence electrons. The molecule has 0 aliphatic carbocycles. The number of oxime groups is 1. The standard InChI is InChI=1S/C24H22ClNO2S2/c1-18(27)28-26-21(15-16-29-22-13-9-20(25)10-14-22)17-19-7-11-24(12-8-19)30-23-5-3-2-4-6-23/h2-14H,15-17H2,1H3. The largest absolute Gasteiger partial charge is 0.331 e. The fourth-order valence-corrected chi connectivity index (χ4v) is 4.51. The van der Waals surface area contributed by atoms with Crippen LogP contribution in [0.4, 0.5) is 0 Å². The molecule has 0 saturated heterocycles. The van der Waals surface area contributed by atoms with Crippen LogP contribution in [-0.4, -0.2) is 17.4 Å². The summed E-state index contributed by atoms with van der Waals surface area (Å²) in [6, 6.07) is 26.5. The van der Waals surface area contributed by atoms with Crippen LogP contribution in [0.25, 0.3) is 0 Å². The van der Waals surface area contributed by atoms with Gasteiger partial charge in [0.1, 0.15) is 0 Å². The van der Waals surface area contributed by atoms with Crippen LogP contribution in [0.1, 0.15) is 18.9 Å². The van der Waals surface area contributed by atoms with Gasteiger partial charge in [0.05, 0.1) is 5.71 Å². The molecule has 6 heteroatoms. The van der Waals surface area contributed by atoms with Crippen molar-refractivity contribution in [3.8, 4) is 0 Å². The number of thioether (sulfide) groups is 1. The number of hydrogen-bond donors (Lipinski definition) is 0. The molecule has 0 amide bonds. The van der Waals surface area contributed by atoms with Gasteiger partial charge in [-0.25, -0.2) is 4.79 Å². The van der Waals surface area contributed by atoms with E-state index >= 15 is 0 Å². The predicted octanol–water partition coefficient (Wildman–Crippen LogP) is 7.14. The third kappa shape index (κ3) is 7.90. The summed E-state index contributed by atoms with van der Waals surface area (Å²) in [4.78, 5) is 19.7. The summed E-state index contributed by atoms with van der Waals surface area (Å²) in [6.45, 7) is 1.36. The highest BCUT2D eigenvalue weighted by Crippen LogP contribution is 2.27. The Morgan fingerprint density at radius 1 is 0.900 bits per heavy atom. The molecule has 0 saturated carbocycles. The molecular formula is C24H22ClNO2S2.